The summed E-state index contributed by atoms with van der Waals surface area (Å²) in [5.41, 5.74) is 7.46. The van der Waals surface area contributed by atoms with Gasteiger partial charge in [0.15, 0.2) is 0 Å². The van der Waals surface area contributed by atoms with Gasteiger partial charge >= 0.3 is 11.9 Å². The Morgan fingerprint density at radius 1 is 0.821 bits per heavy atom. The molecule has 0 aliphatic carbocycles. The van der Waals surface area contributed by atoms with E-state index in [1.807, 2.05) is 6.92 Å². The number of phenolic OH excluding ortho intramolecular Hbond substituents is 2. The lowest BCUT2D eigenvalue weighted by molar-refractivity contribution is -0.145. The van der Waals surface area contributed by atoms with Crippen LogP contribution < -0.4 is 5.73 Å². The highest BCUT2D eigenvalue weighted by Crippen LogP contribution is 2.14. The normalized spacial score (nSPS) is 12.1. The lowest BCUT2D eigenvalue weighted by atomic mass is 10.0. The number of hydrogen-bond donors (Lipinski definition) is 3. The van der Waals surface area contributed by atoms with Crippen LogP contribution in [-0.2, 0) is 31.9 Å². The first-order valence-corrected chi connectivity index (χ1v) is 8.73. The van der Waals surface area contributed by atoms with Gasteiger partial charge in [-0.25, -0.2) is 0 Å². The highest BCUT2D eigenvalue weighted by Gasteiger charge is 2.14. The first kappa shape index (κ1) is 23.0. The second-order valence-corrected chi connectivity index (χ2v) is 6.30. The van der Waals surface area contributed by atoms with E-state index in [1.54, 1.807) is 48.5 Å². The molecule has 0 fully saturated rings. The van der Waals surface area contributed by atoms with Gasteiger partial charge in [-0.2, -0.15) is 0 Å². The minimum Gasteiger partial charge on any atom is -0.508 e. The number of carbonyl (C=O) groups is 2. The molecule has 2 atom stereocenters. The number of ether oxygens (including phenoxy) is 2. The van der Waals surface area contributed by atoms with E-state index in [1.165, 1.54) is 14.2 Å². The number of aromatic hydroxyl groups is 2. The average molecular weight is 389 g/mol. The summed E-state index contributed by atoms with van der Waals surface area (Å²) in [6.45, 7) is 1.82. The Labute approximate surface area is 164 Å². The van der Waals surface area contributed by atoms with E-state index in [4.69, 9.17) is 15.9 Å². The Morgan fingerprint density at radius 3 is 1.61 bits per heavy atom. The Morgan fingerprint density at radius 2 is 1.21 bits per heavy atom. The summed E-state index contributed by atoms with van der Waals surface area (Å²) < 4.78 is 9.11. The topological polar surface area (TPSA) is 119 Å². The molecule has 152 valence electrons. The molecule has 0 bridgehead atoms. The highest BCUT2D eigenvalue weighted by atomic mass is 16.5. The van der Waals surface area contributed by atoms with Crippen LogP contribution in [0.3, 0.4) is 0 Å². The molecule has 28 heavy (non-hydrogen) atoms. The fraction of sp³-hybridized carbons (Fsp3) is 0.333. The Kier molecular flexibility index (Phi) is 9.53. The van der Waals surface area contributed by atoms with Crippen molar-refractivity contribution in [3.05, 3.63) is 59.7 Å². The minimum atomic E-state index is -0.649. The van der Waals surface area contributed by atoms with Gasteiger partial charge in [-0.1, -0.05) is 31.2 Å². The summed E-state index contributed by atoms with van der Waals surface area (Å²) in [5, 5.41) is 18.1. The van der Waals surface area contributed by atoms with Crippen LogP contribution in [0.1, 0.15) is 18.1 Å². The predicted molar refractivity (Wildman–Crippen MR) is 105 cm³/mol. The van der Waals surface area contributed by atoms with Gasteiger partial charge < -0.3 is 25.4 Å². The summed E-state index contributed by atoms with van der Waals surface area (Å²) in [7, 11) is 2.69. The molecular weight excluding hydrogens is 362 g/mol. The molecule has 7 nitrogen and oxygen atoms in total. The van der Waals surface area contributed by atoms with Crippen molar-refractivity contribution >= 4 is 11.9 Å². The van der Waals surface area contributed by atoms with E-state index in [0.29, 0.717) is 12.8 Å². The van der Waals surface area contributed by atoms with Crippen LogP contribution in [0.15, 0.2) is 48.5 Å². The van der Waals surface area contributed by atoms with E-state index in [0.717, 1.165) is 11.1 Å². The lowest BCUT2D eigenvalue weighted by Gasteiger charge is -2.08. The van der Waals surface area contributed by atoms with Crippen LogP contribution >= 0.6 is 0 Å². The monoisotopic (exact) mass is 389 g/mol. The summed E-state index contributed by atoms with van der Waals surface area (Å²) >= 11 is 0. The van der Waals surface area contributed by atoms with Crippen molar-refractivity contribution < 1.29 is 29.3 Å². The third-order valence-corrected chi connectivity index (χ3v) is 3.98. The van der Waals surface area contributed by atoms with Gasteiger partial charge in [-0.3, -0.25) is 9.59 Å². The second kappa shape index (κ2) is 11.6. The maximum atomic E-state index is 11.1. The van der Waals surface area contributed by atoms with Crippen molar-refractivity contribution in [2.75, 3.05) is 14.2 Å². The second-order valence-electron chi connectivity index (χ2n) is 6.30. The van der Waals surface area contributed by atoms with Crippen molar-refractivity contribution in [1.82, 2.24) is 0 Å². The molecule has 2 aromatic carbocycles. The molecule has 4 N–H and O–H groups in total. The van der Waals surface area contributed by atoms with Gasteiger partial charge in [0, 0.05) is 0 Å². The molecule has 0 saturated heterocycles. The molecule has 0 amide bonds. The standard InChI is InChI=1S/C11H14O3.C10H13NO3/c1-8(11(13)14-2)7-9-3-5-10(12)6-4-9;1-14-10(13)9(11)6-7-2-4-8(12)5-3-7/h3-6,8,12H,7H2,1-2H3;2-5,9,12H,6,11H2,1H3/t8-;9-/m00/s1. The smallest absolute Gasteiger partial charge is 0.322 e. The van der Waals surface area contributed by atoms with Crippen molar-refractivity contribution in [2.24, 2.45) is 11.7 Å². The first-order valence-electron chi connectivity index (χ1n) is 8.73. The van der Waals surface area contributed by atoms with E-state index >= 15 is 0 Å². The highest BCUT2D eigenvalue weighted by molar-refractivity contribution is 5.75. The van der Waals surface area contributed by atoms with Gasteiger partial charge in [-0.15, -0.1) is 0 Å². The summed E-state index contributed by atoms with van der Waals surface area (Å²) in [6, 6.07) is 12.7. The van der Waals surface area contributed by atoms with Crippen LogP contribution in [0, 0.1) is 5.92 Å². The molecule has 7 heteroatoms. The van der Waals surface area contributed by atoms with Crippen LogP contribution in [0.2, 0.25) is 0 Å². The zero-order valence-electron chi connectivity index (χ0n) is 16.3. The van der Waals surface area contributed by atoms with Gasteiger partial charge in [0.25, 0.3) is 0 Å². The molecule has 0 unspecified atom stereocenters. The van der Waals surface area contributed by atoms with Gasteiger partial charge in [0.05, 0.1) is 20.1 Å². The Hall–Kier alpha value is -3.06. The molecule has 0 heterocycles. The molecule has 0 aliphatic heterocycles. The molecule has 0 radical (unpaired) electrons. The number of hydrogen-bond acceptors (Lipinski definition) is 7. The van der Waals surface area contributed by atoms with Crippen LogP contribution in [-0.4, -0.2) is 42.4 Å². The third kappa shape index (κ3) is 8.09. The van der Waals surface area contributed by atoms with Gasteiger partial charge in [-0.05, 0) is 48.2 Å². The van der Waals surface area contributed by atoms with Crippen molar-refractivity contribution in [1.29, 1.82) is 0 Å². The largest absolute Gasteiger partial charge is 0.508 e. The Balaban J connectivity index is 0.000000280. The number of benzene rings is 2. The maximum Gasteiger partial charge on any atom is 0.322 e. The molecule has 2 rings (SSSR count). The number of rotatable bonds is 6. The average Bonchev–Trinajstić information content (AvgIpc) is 2.70. The fourth-order valence-corrected chi connectivity index (χ4v) is 2.39. The molecule has 0 aromatic heterocycles. The van der Waals surface area contributed by atoms with Crippen molar-refractivity contribution in [3.63, 3.8) is 0 Å². The summed E-state index contributed by atoms with van der Waals surface area (Å²) in [4.78, 5) is 22.1. The van der Waals surface area contributed by atoms with Crippen molar-refractivity contribution in [3.8, 4) is 11.5 Å². The predicted octanol–water partition coefficient (Wildman–Crippen LogP) is 2.18. The molecule has 0 spiro atoms. The van der Waals surface area contributed by atoms with E-state index in [2.05, 4.69) is 9.47 Å². The van der Waals surface area contributed by atoms with Crippen molar-refractivity contribution in [2.45, 2.75) is 25.8 Å². The zero-order chi connectivity index (χ0) is 21.1. The van der Waals surface area contributed by atoms with Crippen LogP contribution in [0.25, 0.3) is 0 Å². The van der Waals surface area contributed by atoms with E-state index in [-0.39, 0.29) is 23.4 Å². The molecule has 2 aromatic rings. The lowest BCUT2D eigenvalue weighted by Crippen LogP contribution is -2.33. The number of phenols is 2. The van der Waals surface area contributed by atoms with E-state index < -0.39 is 12.0 Å². The van der Waals surface area contributed by atoms with Crippen LogP contribution in [0.5, 0.6) is 11.5 Å². The molecule has 0 saturated carbocycles. The molecular formula is C21H27NO6. The number of methoxy groups -OCH3 is 2. The number of nitrogens with two attached hydrogens (primary N) is 1. The van der Waals surface area contributed by atoms with Crippen LogP contribution in [0.4, 0.5) is 0 Å². The molecule has 0 aliphatic rings. The maximum absolute atomic E-state index is 11.1. The zero-order valence-corrected chi connectivity index (χ0v) is 16.3. The van der Waals surface area contributed by atoms with Gasteiger partial charge in [0.2, 0.25) is 0 Å². The summed E-state index contributed by atoms with van der Waals surface area (Å²) in [5.74, 6) is -0.361. The minimum absolute atomic E-state index is 0.149. The Bertz CT molecular complexity index is 677. The third-order valence-electron chi connectivity index (χ3n) is 3.98. The SMILES string of the molecule is COC(=O)[C@@H](C)Cc1ccc(O)cc1.COC(=O)[C@@H](N)Cc1ccc(O)cc1. The number of carbonyl (C=O) groups excluding carboxylic acids is 2. The summed E-state index contributed by atoms with van der Waals surface area (Å²) in [6.07, 6.45) is 1.04. The van der Waals surface area contributed by atoms with E-state index in [9.17, 15) is 9.59 Å². The number of esters is 2. The first-order chi connectivity index (χ1) is 13.3. The quantitative estimate of drug-likeness (QED) is 0.648. The van der Waals surface area contributed by atoms with Gasteiger partial charge in [0.1, 0.15) is 17.5 Å². The fourth-order valence-electron chi connectivity index (χ4n) is 2.39.